The summed E-state index contributed by atoms with van der Waals surface area (Å²) in [6.45, 7) is 1.49. The predicted molar refractivity (Wildman–Crippen MR) is 74.8 cm³/mol. The number of benzene rings is 1. The van der Waals surface area contributed by atoms with Crippen molar-refractivity contribution in [3.8, 4) is 0 Å². The van der Waals surface area contributed by atoms with Crippen LogP contribution in [0.2, 0.25) is 0 Å². The van der Waals surface area contributed by atoms with Crippen LogP contribution in [0.3, 0.4) is 0 Å². The molecular formula is C15H19NO5. The molecule has 2 rings (SSSR count). The fraction of sp³-hybridized carbons (Fsp3) is 0.467. The molecule has 6 heteroatoms. The summed E-state index contributed by atoms with van der Waals surface area (Å²) in [5, 5.41) is 8.50. The van der Waals surface area contributed by atoms with E-state index >= 15 is 0 Å². The standard InChI is InChI=1S/C15H19NO5/c17-14(18)11-20-9-13-6-7-16(8-13)15(19)21-10-12-4-2-1-3-5-12/h1-5,13H,6-11H2,(H,17,18)/t13-/m1/s1. The molecule has 1 aromatic rings. The molecule has 1 atom stereocenters. The molecule has 1 amide bonds. The van der Waals surface area contributed by atoms with Gasteiger partial charge < -0.3 is 19.5 Å². The maximum atomic E-state index is 11.9. The van der Waals surface area contributed by atoms with Crippen LogP contribution < -0.4 is 0 Å². The summed E-state index contributed by atoms with van der Waals surface area (Å²) in [5.41, 5.74) is 0.950. The lowest BCUT2D eigenvalue weighted by Gasteiger charge is -2.16. The highest BCUT2D eigenvalue weighted by atomic mass is 16.6. The second-order valence-corrected chi connectivity index (χ2v) is 5.05. The number of rotatable bonds is 6. The molecule has 1 saturated heterocycles. The average molecular weight is 293 g/mol. The van der Waals surface area contributed by atoms with Gasteiger partial charge in [-0.25, -0.2) is 9.59 Å². The van der Waals surface area contributed by atoms with E-state index in [0.29, 0.717) is 19.7 Å². The summed E-state index contributed by atoms with van der Waals surface area (Å²) >= 11 is 0. The van der Waals surface area contributed by atoms with E-state index < -0.39 is 5.97 Å². The lowest BCUT2D eigenvalue weighted by molar-refractivity contribution is -0.142. The normalized spacial score (nSPS) is 17.7. The third kappa shape index (κ3) is 5.07. The van der Waals surface area contributed by atoms with Crippen LogP contribution in [-0.4, -0.2) is 48.4 Å². The van der Waals surface area contributed by atoms with Crippen molar-refractivity contribution in [2.24, 2.45) is 5.92 Å². The molecule has 1 N–H and O–H groups in total. The van der Waals surface area contributed by atoms with Gasteiger partial charge in [0.1, 0.15) is 13.2 Å². The number of nitrogens with zero attached hydrogens (tertiary/aromatic N) is 1. The van der Waals surface area contributed by atoms with Crippen molar-refractivity contribution in [1.82, 2.24) is 4.90 Å². The van der Waals surface area contributed by atoms with Crippen molar-refractivity contribution < 1.29 is 24.2 Å². The van der Waals surface area contributed by atoms with Crippen LogP contribution in [0, 0.1) is 5.92 Å². The highest BCUT2D eigenvalue weighted by Crippen LogP contribution is 2.17. The van der Waals surface area contributed by atoms with Gasteiger partial charge in [-0.3, -0.25) is 0 Å². The molecule has 0 aromatic heterocycles. The number of carboxylic acids is 1. The molecule has 0 bridgehead atoms. The topological polar surface area (TPSA) is 76.1 Å². The van der Waals surface area contributed by atoms with Crippen LogP contribution in [0.15, 0.2) is 30.3 Å². The number of aliphatic carboxylic acids is 1. The van der Waals surface area contributed by atoms with Crippen molar-refractivity contribution in [1.29, 1.82) is 0 Å². The van der Waals surface area contributed by atoms with Crippen molar-refractivity contribution in [3.63, 3.8) is 0 Å². The van der Waals surface area contributed by atoms with E-state index in [0.717, 1.165) is 12.0 Å². The quantitative estimate of drug-likeness (QED) is 0.864. The van der Waals surface area contributed by atoms with Gasteiger partial charge in [-0.15, -0.1) is 0 Å². The molecule has 0 spiro atoms. The maximum Gasteiger partial charge on any atom is 0.410 e. The first kappa shape index (κ1) is 15.3. The van der Waals surface area contributed by atoms with Crippen LogP contribution in [0.5, 0.6) is 0 Å². The molecule has 0 radical (unpaired) electrons. The van der Waals surface area contributed by atoms with E-state index in [4.69, 9.17) is 14.6 Å². The summed E-state index contributed by atoms with van der Waals surface area (Å²) in [4.78, 5) is 23.9. The molecule has 1 aliphatic heterocycles. The molecule has 1 heterocycles. The summed E-state index contributed by atoms with van der Waals surface area (Å²) in [6.07, 6.45) is 0.472. The van der Waals surface area contributed by atoms with Crippen molar-refractivity contribution >= 4 is 12.1 Å². The zero-order valence-electron chi connectivity index (χ0n) is 11.7. The number of carboxylic acid groups (broad SMARTS) is 1. The molecule has 1 fully saturated rings. The van der Waals surface area contributed by atoms with E-state index in [2.05, 4.69) is 0 Å². The largest absolute Gasteiger partial charge is 0.480 e. The first-order valence-electron chi connectivity index (χ1n) is 6.90. The molecular weight excluding hydrogens is 274 g/mol. The van der Waals surface area contributed by atoms with Gasteiger partial charge in [0, 0.05) is 19.0 Å². The number of likely N-dealkylation sites (tertiary alicyclic amines) is 1. The molecule has 1 aromatic carbocycles. The first-order valence-corrected chi connectivity index (χ1v) is 6.90. The van der Waals surface area contributed by atoms with Crippen LogP contribution in [0.25, 0.3) is 0 Å². The number of carbonyl (C=O) groups excluding carboxylic acids is 1. The summed E-state index contributed by atoms with van der Waals surface area (Å²) in [5.74, 6) is -0.805. The summed E-state index contributed by atoms with van der Waals surface area (Å²) in [6, 6.07) is 9.51. The third-order valence-corrected chi connectivity index (χ3v) is 3.33. The summed E-state index contributed by atoms with van der Waals surface area (Å²) in [7, 11) is 0. The van der Waals surface area contributed by atoms with Crippen molar-refractivity contribution in [2.45, 2.75) is 13.0 Å². The third-order valence-electron chi connectivity index (χ3n) is 3.33. The minimum atomic E-state index is -0.980. The van der Waals surface area contributed by atoms with Gasteiger partial charge in [0.2, 0.25) is 0 Å². The molecule has 0 unspecified atom stereocenters. The molecule has 0 aliphatic carbocycles. The van der Waals surface area contributed by atoms with Crippen LogP contribution in [-0.2, 0) is 20.9 Å². The van der Waals surface area contributed by atoms with E-state index in [1.807, 2.05) is 30.3 Å². The SMILES string of the molecule is O=C(O)COC[C@@H]1CCN(C(=O)OCc2ccccc2)C1. The monoisotopic (exact) mass is 293 g/mol. The van der Waals surface area contributed by atoms with Gasteiger partial charge in [-0.1, -0.05) is 30.3 Å². The molecule has 114 valence electrons. The van der Waals surface area contributed by atoms with Crippen molar-refractivity contribution in [2.75, 3.05) is 26.3 Å². The first-order chi connectivity index (χ1) is 10.1. The number of hydrogen-bond acceptors (Lipinski definition) is 4. The van der Waals surface area contributed by atoms with Gasteiger partial charge in [-0.2, -0.15) is 0 Å². The van der Waals surface area contributed by atoms with Crippen LogP contribution >= 0.6 is 0 Å². The zero-order chi connectivity index (χ0) is 15.1. The van der Waals surface area contributed by atoms with Gasteiger partial charge in [-0.05, 0) is 12.0 Å². The number of ether oxygens (including phenoxy) is 2. The number of amides is 1. The number of hydrogen-bond donors (Lipinski definition) is 1. The van der Waals surface area contributed by atoms with E-state index in [1.54, 1.807) is 4.90 Å². The van der Waals surface area contributed by atoms with Gasteiger partial charge in [0.15, 0.2) is 0 Å². The fourth-order valence-electron chi connectivity index (χ4n) is 2.26. The number of carbonyl (C=O) groups is 2. The lowest BCUT2D eigenvalue weighted by atomic mass is 10.1. The zero-order valence-corrected chi connectivity index (χ0v) is 11.7. The van der Waals surface area contributed by atoms with Gasteiger partial charge in [0.25, 0.3) is 0 Å². The second-order valence-electron chi connectivity index (χ2n) is 5.05. The molecule has 0 saturated carbocycles. The fourth-order valence-corrected chi connectivity index (χ4v) is 2.26. The van der Waals surface area contributed by atoms with E-state index in [1.165, 1.54) is 0 Å². The summed E-state index contributed by atoms with van der Waals surface area (Å²) < 4.78 is 10.3. The average Bonchev–Trinajstić information content (AvgIpc) is 2.94. The Morgan fingerprint density at radius 1 is 1.29 bits per heavy atom. The highest BCUT2D eigenvalue weighted by Gasteiger charge is 2.27. The Morgan fingerprint density at radius 3 is 2.76 bits per heavy atom. The van der Waals surface area contributed by atoms with Crippen molar-refractivity contribution in [3.05, 3.63) is 35.9 Å². The Balaban J connectivity index is 1.68. The maximum absolute atomic E-state index is 11.9. The Morgan fingerprint density at radius 2 is 2.05 bits per heavy atom. The van der Waals surface area contributed by atoms with Crippen LogP contribution in [0.4, 0.5) is 4.79 Å². The van der Waals surface area contributed by atoms with Crippen LogP contribution in [0.1, 0.15) is 12.0 Å². The minimum Gasteiger partial charge on any atom is -0.480 e. The Bertz CT molecular complexity index is 476. The molecule has 1 aliphatic rings. The second kappa shape index (κ2) is 7.64. The highest BCUT2D eigenvalue weighted by molar-refractivity contribution is 5.68. The van der Waals surface area contributed by atoms with Gasteiger partial charge >= 0.3 is 12.1 Å². The predicted octanol–water partition coefficient (Wildman–Crippen LogP) is 1.75. The van der Waals surface area contributed by atoms with E-state index in [9.17, 15) is 9.59 Å². The Labute approximate surface area is 123 Å². The molecule has 21 heavy (non-hydrogen) atoms. The Kier molecular flexibility index (Phi) is 5.57. The molecule has 6 nitrogen and oxygen atoms in total. The minimum absolute atomic E-state index is 0.175. The van der Waals surface area contributed by atoms with Gasteiger partial charge in [0.05, 0.1) is 6.61 Å². The lowest BCUT2D eigenvalue weighted by Crippen LogP contribution is -2.30. The van der Waals surface area contributed by atoms with E-state index in [-0.39, 0.29) is 25.2 Å². The smallest absolute Gasteiger partial charge is 0.410 e. The Hall–Kier alpha value is -2.08.